The number of ether oxygens (including phenoxy) is 1. The first kappa shape index (κ1) is 15.7. The summed E-state index contributed by atoms with van der Waals surface area (Å²) in [4.78, 5) is 0. The van der Waals surface area contributed by atoms with Gasteiger partial charge in [-0.1, -0.05) is 12.1 Å². The minimum Gasteiger partial charge on any atom is -0.497 e. The monoisotopic (exact) mass is 357 g/mol. The molecule has 1 atom stereocenters. The van der Waals surface area contributed by atoms with Crippen molar-refractivity contribution in [3.05, 3.63) is 58.1 Å². The molecule has 0 amide bonds. The Kier molecular flexibility index (Phi) is 5.14. The third-order valence-electron chi connectivity index (χ3n) is 2.96. The Balaban J connectivity index is 2.09. The molecule has 2 aromatic carbocycles. The lowest BCUT2D eigenvalue weighted by atomic mass is 10.1. The molecule has 0 heterocycles. The molecule has 112 valence electrons. The van der Waals surface area contributed by atoms with Gasteiger partial charge in [0.2, 0.25) is 0 Å². The quantitative estimate of drug-likeness (QED) is 0.853. The molecule has 2 aromatic rings. The van der Waals surface area contributed by atoms with Crippen LogP contribution in [0.25, 0.3) is 0 Å². The minimum absolute atomic E-state index is 0.0777. The van der Waals surface area contributed by atoms with Gasteiger partial charge < -0.3 is 15.2 Å². The van der Waals surface area contributed by atoms with Crippen LogP contribution in [-0.4, -0.2) is 18.8 Å². The maximum Gasteiger partial charge on any atom is 0.150 e. The molecule has 6 heteroatoms. The minimum atomic E-state index is -0.851. The molecule has 21 heavy (non-hydrogen) atoms. The molecule has 0 spiro atoms. The first-order valence-electron chi connectivity index (χ1n) is 6.21. The lowest BCUT2D eigenvalue weighted by Crippen LogP contribution is -2.13. The summed E-state index contributed by atoms with van der Waals surface area (Å²) in [6.07, 6.45) is -0.851. The Morgan fingerprint density at radius 3 is 2.71 bits per heavy atom. The van der Waals surface area contributed by atoms with E-state index in [1.54, 1.807) is 24.3 Å². The van der Waals surface area contributed by atoms with Gasteiger partial charge in [0.1, 0.15) is 17.4 Å². The van der Waals surface area contributed by atoms with Gasteiger partial charge in [0.25, 0.3) is 0 Å². The van der Waals surface area contributed by atoms with Gasteiger partial charge >= 0.3 is 0 Å². The van der Waals surface area contributed by atoms with Crippen LogP contribution >= 0.6 is 15.9 Å². The van der Waals surface area contributed by atoms with Gasteiger partial charge in [-0.2, -0.15) is 0 Å². The van der Waals surface area contributed by atoms with Crippen LogP contribution in [0.5, 0.6) is 5.75 Å². The second-order valence-corrected chi connectivity index (χ2v) is 5.27. The van der Waals surface area contributed by atoms with Crippen molar-refractivity contribution in [1.29, 1.82) is 0 Å². The molecule has 0 fully saturated rings. The van der Waals surface area contributed by atoms with Crippen molar-refractivity contribution in [1.82, 2.24) is 0 Å². The van der Waals surface area contributed by atoms with Gasteiger partial charge in [-0.05, 0) is 39.7 Å². The fourth-order valence-corrected chi connectivity index (χ4v) is 2.42. The number of halogens is 3. The summed E-state index contributed by atoms with van der Waals surface area (Å²) in [7, 11) is 1.54. The van der Waals surface area contributed by atoms with E-state index < -0.39 is 17.7 Å². The molecule has 0 aliphatic heterocycles. The zero-order valence-electron chi connectivity index (χ0n) is 11.2. The predicted octanol–water partition coefficient (Wildman–Crippen LogP) is 3.88. The number of hydrogen-bond donors (Lipinski definition) is 2. The topological polar surface area (TPSA) is 41.5 Å². The average Bonchev–Trinajstić information content (AvgIpc) is 2.46. The number of aliphatic hydroxyl groups is 1. The zero-order valence-corrected chi connectivity index (χ0v) is 12.8. The van der Waals surface area contributed by atoms with Crippen LogP contribution in [0.2, 0.25) is 0 Å². The van der Waals surface area contributed by atoms with Gasteiger partial charge in [-0.3, -0.25) is 0 Å². The summed E-state index contributed by atoms with van der Waals surface area (Å²) in [5.74, 6) is -0.765. The third kappa shape index (κ3) is 3.92. The van der Waals surface area contributed by atoms with Gasteiger partial charge in [0, 0.05) is 17.1 Å². The molecule has 0 aliphatic rings. The highest BCUT2D eigenvalue weighted by molar-refractivity contribution is 9.10. The van der Waals surface area contributed by atoms with Gasteiger partial charge in [0.15, 0.2) is 0 Å². The summed E-state index contributed by atoms with van der Waals surface area (Å²) < 4.78 is 32.0. The molecule has 1 unspecified atom stereocenters. The molecule has 0 aromatic heterocycles. The molecule has 0 saturated carbocycles. The number of anilines is 1. The van der Waals surface area contributed by atoms with E-state index in [1.165, 1.54) is 7.11 Å². The molecule has 2 N–H and O–H groups in total. The van der Waals surface area contributed by atoms with Gasteiger partial charge in [-0.25, -0.2) is 8.78 Å². The summed E-state index contributed by atoms with van der Waals surface area (Å²) in [5.41, 5.74) is 0.749. The van der Waals surface area contributed by atoms with Crippen LogP contribution in [-0.2, 0) is 0 Å². The first-order valence-corrected chi connectivity index (χ1v) is 7.01. The van der Waals surface area contributed by atoms with E-state index in [0.29, 0.717) is 11.3 Å². The number of benzene rings is 2. The van der Waals surface area contributed by atoms with Crippen LogP contribution in [0.3, 0.4) is 0 Å². The van der Waals surface area contributed by atoms with Crippen molar-refractivity contribution in [3.63, 3.8) is 0 Å². The highest BCUT2D eigenvalue weighted by Gasteiger charge is 2.13. The van der Waals surface area contributed by atoms with Crippen LogP contribution < -0.4 is 10.1 Å². The van der Waals surface area contributed by atoms with Crippen LogP contribution in [0.4, 0.5) is 14.5 Å². The molecule has 0 bridgehead atoms. The van der Waals surface area contributed by atoms with Crippen molar-refractivity contribution >= 4 is 21.6 Å². The number of aliphatic hydroxyl groups excluding tert-OH is 1. The number of methoxy groups -OCH3 is 1. The zero-order chi connectivity index (χ0) is 15.4. The SMILES string of the molecule is COc1cccc(C(O)CNc2c(F)cc(F)cc2Br)c1. The molecule has 0 aliphatic carbocycles. The first-order chi connectivity index (χ1) is 10.0. The molecular formula is C15H14BrF2NO2. The highest BCUT2D eigenvalue weighted by atomic mass is 79.9. The average molecular weight is 358 g/mol. The summed E-state index contributed by atoms with van der Waals surface area (Å²) >= 11 is 3.08. The van der Waals surface area contributed by atoms with E-state index in [4.69, 9.17) is 4.74 Å². The van der Waals surface area contributed by atoms with E-state index in [9.17, 15) is 13.9 Å². The Bertz CT molecular complexity index is 614. The second kappa shape index (κ2) is 6.87. The van der Waals surface area contributed by atoms with Crippen LogP contribution in [0.15, 0.2) is 40.9 Å². The van der Waals surface area contributed by atoms with Crippen molar-refractivity contribution in [2.75, 3.05) is 19.0 Å². The maximum atomic E-state index is 13.6. The van der Waals surface area contributed by atoms with Crippen molar-refractivity contribution in [3.8, 4) is 5.75 Å². The van der Waals surface area contributed by atoms with Crippen LogP contribution in [0.1, 0.15) is 11.7 Å². The Morgan fingerprint density at radius 2 is 2.05 bits per heavy atom. The Labute approximate surface area is 129 Å². The Hall–Kier alpha value is -1.66. The molecule has 0 saturated heterocycles. The molecule has 2 rings (SSSR count). The second-order valence-electron chi connectivity index (χ2n) is 4.42. The van der Waals surface area contributed by atoms with Crippen molar-refractivity contribution < 1.29 is 18.6 Å². The van der Waals surface area contributed by atoms with Crippen LogP contribution in [0, 0.1) is 11.6 Å². The van der Waals surface area contributed by atoms with Crippen molar-refractivity contribution in [2.45, 2.75) is 6.10 Å². The fraction of sp³-hybridized carbons (Fsp3) is 0.200. The van der Waals surface area contributed by atoms with E-state index in [1.807, 2.05) is 0 Å². The molecule has 0 radical (unpaired) electrons. The largest absolute Gasteiger partial charge is 0.497 e. The highest BCUT2D eigenvalue weighted by Crippen LogP contribution is 2.28. The number of hydrogen-bond acceptors (Lipinski definition) is 3. The van der Waals surface area contributed by atoms with E-state index in [2.05, 4.69) is 21.2 Å². The normalized spacial score (nSPS) is 12.0. The van der Waals surface area contributed by atoms with Crippen molar-refractivity contribution in [2.24, 2.45) is 0 Å². The smallest absolute Gasteiger partial charge is 0.150 e. The lowest BCUT2D eigenvalue weighted by molar-refractivity contribution is 0.191. The maximum absolute atomic E-state index is 13.6. The fourth-order valence-electron chi connectivity index (χ4n) is 1.88. The third-order valence-corrected chi connectivity index (χ3v) is 3.58. The lowest BCUT2D eigenvalue weighted by Gasteiger charge is -2.15. The standard InChI is InChI=1S/C15H14BrF2NO2/c1-21-11-4-2-3-9(5-11)14(20)8-19-15-12(16)6-10(17)7-13(15)18/h2-7,14,19-20H,8H2,1H3. The number of nitrogens with one attached hydrogen (secondary N) is 1. The van der Waals surface area contributed by atoms with E-state index >= 15 is 0 Å². The predicted molar refractivity (Wildman–Crippen MR) is 80.5 cm³/mol. The summed E-state index contributed by atoms with van der Waals surface area (Å²) in [6.45, 7) is 0.0777. The summed E-state index contributed by atoms with van der Waals surface area (Å²) in [5, 5.41) is 12.9. The summed E-state index contributed by atoms with van der Waals surface area (Å²) in [6, 6.07) is 8.90. The Morgan fingerprint density at radius 1 is 1.29 bits per heavy atom. The molecule has 3 nitrogen and oxygen atoms in total. The van der Waals surface area contributed by atoms with E-state index in [-0.39, 0.29) is 16.7 Å². The number of rotatable bonds is 5. The van der Waals surface area contributed by atoms with Gasteiger partial charge in [0.05, 0.1) is 18.9 Å². The van der Waals surface area contributed by atoms with E-state index in [0.717, 1.165) is 12.1 Å². The molecular weight excluding hydrogens is 344 g/mol. The van der Waals surface area contributed by atoms with Gasteiger partial charge in [-0.15, -0.1) is 0 Å².